The van der Waals surface area contributed by atoms with Gasteiger partial charge in [-0.25, -0.2) is 4.90 Å². The second-order valence-electron chi connectivity index (χ2n) is 7.66. The molecule has 0 radical (unpaired) electrons. The molecule has 0 spiro atoms. The van der Waals surface area contributed by atoms with E-state index in [-0.39, 0.29) is 29.6 Å². The first-order valence-electron chi connectivity index (χ1n) is 10.5. The van der Waals surface area contributed by atoms with Crippen LogP contribution in [0.2, 0.25) is 0 Å². The number of hydrogen-bond donors (Lipinski definition) is 0. The maximum Gasteiger partial charge on any atom is 0.294 e. The minimum absolute atomic E-state index is 0.0491. The molecule has 1 aliphatic heterocycles. The molecule has 3 aromatic rings. The SMILES string of the molecule is CCN(Cc1ccccc1)c1ccc(N2C(=O)C[C@@H](c3ccccc3)C2=O)cc1[N+](=O)[O-]. The summed E-state index contributed by atoms with van der Waals surface area (Å²) in [6.07, 6.45) is 0.0491. The van der Waals surface area contributed by atoms with Crippen molar-refractivity contribution in [3.05, 3.63) is 100 Å². The van der Waals surface area contributed by atoms with Gasteiger partial charge in [-0.1, -0.05) is 60.7 Å². The van der Waals surface area contributed by atoms with Crippen molar-refractivity contribution in [3.8, 4) is 0 Å². The smallest absolute Gasteiger partial charge is 0.294 e. The molecule has 4 rings (SSSR count). The van der Waals surface area contributed by atoms with Crippen molar-refractivity contribution in [2.24, 2.45) is 0 Å². The third kappa shape index (κ3) is 4.09. The van der Waals surface area contributed by atoms with Crippen LogP contribution in [0.1, 0.15) is 30.4 Å². The molecular formula is C25H23N3O4. The van der Waals surface area contributed by atoms with Crippen LogP contribution in [0.5, 0.6) is 0 Å². The van der Waals surface area contributed by atoms with E-state index in [1.54, 1.807) is 12.1 Å². The largest absolute Gasteiger partial charge is 0.362 e. The van der Waals surface area contributed by atoms with E-state index < -0.39 is 10.8 Å². The quantitative estimate of drug-likeness (QED) is 0.310. The van der Waals surface area contributed by atoms with Gasteiger partial charge >= 0.3 is 0 Å². The molecule has 0 aromatic heterocycles. The molecule has 162 valence electrons. The van der Waals surface area contributed by atoms with Gasteiger partial charge in [-0.3, -0.25) is 19.7 Å². The lowest BCUT2D eigenvalue weighted by atomic mass is 9.98. The number of amides is 2. The summed E-state index contributed by atoms with van der Waals surface area (Å²) >= 11 is 0. The fourth-order valence-electron chi connectivity index (χ4n) is 4.08. The lowest BCUT2D eigenvalue weighted by molar-refractivity contribution is -0.384. The molecule has 0 bridgehead atoms. The molecule has 1 fully saturated rings. The van der Waals surface area contributed by atoms with Crippen LogP contribution in [0.4, 0.5) is 17.1 Å². The standard InChI is InChI=1S/C25H23N3O4/c1-2-26(17-18-9-5-3-6-10-18)22-14-13-20(15-23(22)28(31)32)27-24(29)16-21(25(27)30)19-11-7-4-8-12-19/h3-15,21H,2,16-17H2,1H3/t21-/m0/s1. The Kier molecular flexibility index (Phi) is 5.98. The Balaban J connectivity index is 1.66. The van der Waals surface area contributed by atoms with E-state index in [4.69, 9.17) is 0 Å². The van der Waals surface area contributed by atoms with Gasteiger partial charge in [0.05, 0.1) is 16.5 Å². The molecule has 2 amide bonds. The maximum absolute atomic E-state index is 13.0. The number of nitro benzene ring substituents is 1. The van der Waals surface area contributed by atoms with Gasteiger partial charge < -0.3 is 4.90 Å². The topological polar surface area (TPSA) is 83.8 Å². The zero-order chi connectivity index (χ0) is 22.7. The maximum atomic E-state index is 13.0. The number of nitrogens with zero attached hydrogens (tertiary/aromatic N) is 3. The van der Waals surface area contributed by atoms with Crippen molar-refractivity contribution in [2.75, 3.05) is 16.3 Å². The van der Waals surface area contributed by atoms with E-state index in [1.165, 1.54) is 6.07 Å². The van der Waals surface area contributed by atoms with Gasteiger partial charge in [0, 0.05) is 25.6 Å². The lowest BCUT2D eigenvalue weighted by Crippen LogP contribution is -2.30. The summed E-state index contributed by atoms with van der Waals surface area (Å²) < 4.78 is 0. The second-order valence-corrected chi connectivity index (χ2v) is 7.66. The van der Waals surface area contributed by atoms with Crippen LogP contribution in [-0.2, 0) is 16.1 Å². The number of nitro groups is 1. The van der Waals surface area contributed by atoms with Crippen molar-refractivity contribution in [2.45, 2.75) is 25.8 Å². The van der Waals surface area contributed by atoms with E-state index in [2.05, 4.69) is 0 Å². The van der Waals surface area contributed by atoms with Crippen molar-refractivity contribution in [3.63, 3.8) is 0 Å². The summed E-state index contributed by atoms with van der Waals surface area (Å²) in [6, 6.07) is 23.4. The first-order valence-corrected chi connectivity index (χ1v) is 10.5. The summed E-state index contributed by atoms with van der Waals surface area (Å²) in [5.74, 6) is -1.30. The van der Waals surface area contributed by atoms with E-state index in [0.717, 1.165) is 16.0 Å². The van der Waals surface area contributed by atoms with Crippen LogP contribution in [-0.4, -0.2) is 23.3 Å². The third-order valence-corrected chi connectivity index (χ3v) is 5.70. The van der Waals surface area contributed by atoms with Crippen molar-refractivity contribution < 1.29 is 14.5 Å². The molecule has 1 aliphatic rings. The molecule has 7 heteroatoms. The van der Waals surface area contributed by atoms with Crippen LogP contribution in [0, 0.1) is 10.1 Å². The van der Waals surface area contributed by atoms with Crippen LogP contribution in [0.15, 0.2) is 78.9 Å². The summed E-state index contributed by atoms with van der Waals surface area (Å²) in [5.41, 5.74) is 2.33. The van der Waals surface area contributed by atoms with E-state index >= 15 is 0 Å². The Labute approximate surface area is 186 Å². The lowest BCUT2D eigenvalue weighted by Gasteiger charge is -2.24. The van der Waals surface area contributed by atoms with Gasteiger partial charge in [-0.2, -0.15) is 0 Å². The average molecular weight is 429 g/mol. The van der Waals surface area contributed by atoms with Gasteiger partial charge in [-0.15, -0.1) is 0 Å². The van der Waals surface area contributed by atoms with Crippen LogP contribution < -0.4 is 9.80 Å². The predicted octanol–water partition coefficient (Wildman–Crippen LogP) is 4.67. The van der Waals surface area contributed by atoms with Gasteiger partial charge in [-0.05, 0) is 30.2 Å². The number of imide groups is 1. The van der Waals surface area contributed by atoms with Crippen LogP contribution in [0.25, 0.3) is 0 Å². The van der Waals surface area contributed by atoms with Crippen molar-refractivity contribution in [1.82, 2.24) is 0 Å². The molecule has 0 unspecified atom stereocenters. The molecule has 3 aromatic carbocycles. The van der Waals surface area contributed by atoms with E-state index in [9.17, 15) is 19.7 Å². The molecule has 1 heterocycles. The first-order chi connectivity index (χ1) is 15.5. The molecule has 1 saturated heterocycles. The number of benzene rings is 3. The Morgan fingerprint density at radius 2 is 1.66 bits per heavy atom. The van der Waals surface area contributed by atoms with Crippen molar-refractivity contribution >= 4 is 28.9 Å². The Morgan fingerprint density at radius 3 is 2.28 bits per heavy atom. The highest BCUT2D eigenvalue weighted by atomic mass is 16.6. The molecule has 0 N–H and O–H groups in total. The molecule has 7 nitrogen and oxygen atoms in total. The summed E-state index contributed by atoms with van der Waals surface area (Å²) in [4.78, 5) is 40.1. The number of rotatable bonds is 7. The second kappa shape index (κ2) is 9.01. The van der Waals surface area contributed by atoms with Gasteiger partial charge in [0.15, 0.2) is 0 Å². The fraction of sp³-hybridized carbons (Fsp3) is 0.200. The van der Waals surface area contributed by atoms with Gasteiger partial charge in [0.1, 0.15) is 5.69 Å². The first kappa shape index (κ1) is 21.2. The Hall–Kier alpha value is -4.00. The molecule has 32 heavy (non-hydrogen) atoms. The highest BCUT2D eigenvalue weighted by molar-refractivity contribution is 6.22. The average Bonchev–Trinajstić information content (AvgIpc) is 3.12. The summed E-state index contributed by atoms with van der Waals surface area (Å²) in [7, 11) is 0. The predicted molar refractivity (Wildman–Crippen MR) is 123 cm³/mol. The number of hydrogen-bond acceptors (Lipinski definition) is 5. The number of carbonyl (C=O) groups is 2. The summed E-state index contributed by atoms with van der Waals surface area (Å²) in [5, 5.41) is 11.9. The van der Waals surface area contributed by atoms with Crippen molar-refractivity contribution in [1.29, 1.82) is 0 Å². The molecular weight excluding hydrogens is 406 g/mol. The Morgan fingerprint density at radius 1 is 1.00 bits per heavy atom. The normalized spacial score (nSPS) is 15.8. The Bertz CT molecular complexity index is 1150. The fourth-order valence-corrected chi connectivity index (χ4v) is 4.08. The molecule has 0 saturated carbocycles. The third-order valence-electron chi connectivity index (χ3n) is 5.70. The zero-order valence-corrected chi connectivity index (χ0v) is 17.7. The van der Waals surface area contributed by atoms with Crippen LogP contribution >= 0.6 is 0 Å². The molecule has 1 atom stereocenters. The zero-order valence-electron chi connectivity index (χ0n) is 17.7. The number of anilines is 2. The summed E-state index contributed by atoms with van der Waals surface area (Å²) in [6.45, 7) is 3.00. The van der Waals surface area contributed by atoms with E-state index in [1.807, 2.05) is 72.5 Å². The van der Waals surface area contributed by atoms with Crippen LogP contribution in [0.3, 0.4) is 0 Å². The van der Waals surface area contributed by atoms with E-state index in [0.29, 0.717) is 18.8 Å². The molecule has 0 aliphatic carbocycles. The monoisotopic (exact) mass is 429 g/mol. The number of carbonyl (C=O) groups excluding carboxylic acids is 2. The minimum atomic E-state index is -0.576. The van der Waals surface area contributed by atoms with Gasteiger partial charge in [0.25, 0.3) is 5.69 Å². The highest BCUT2D eigenvalue weighted by Gasteiger charge is 2.41. The van der Waals surface area contributed by atoms with Gasteiger partial charge in [0.2, 0.25) is 11.8 Å². The minimum Gasteiger partial charge on any atom is -0.362 e. The highest BCUT2D eigenvalue weighted by Crippen LogP contribution is 2.38.